The lowest BCUT2D eigenvalue weighted by Gasteiger charge is -2.32. The Bertz CT molecular complexity index is 2590. The number of aromatic nitrogens is 4. The van der Waals surface area contributed by atoms with Gasteiger partial charge in [0.2, 0.25) is 0 Å². The lowest BCUT2D eigenvalue weighted by molar-refractivity contribution is 1.12. The predicted molar refractivity (Wildman–Crippen MR) is 181 cm³/mol. The third kappa shape index (κ3) is 2.39. The van der Waals surface area contributed by atoms with Crippen molar-refractivity contribution in [2.75, 3.05) is 0 Å². The van der Waals surface area contributed by atoms with Crippen LogP contribution in [-0.4, -0.2) is 24.6 Å². The molecule has 0 radical (unpaired) electrons. The molecule has 0 fully saturated rings. The van der Waals surface area contributed by atoms with Crippen molar-refractivity contribution in [3.8, 4) is 11.4 Å². The van der Waals surface area contributed by atoms with Crippen LogP contribution >= 0.6 is 0 Å². The highest BCUT2D eigenvalue weighted by molar-refractivity contribution is 7.00. The van der Waals surface area contributed by atoms with Crippen LogP contribution in [-0.2, 0) is 0 Å². The molecule has 5 heteroatoms. The van der Waals surface area contributed by atoms with Gasteiger partial charge in [-0.1, -0.05) is 42.5 Å². The van der Waals surface area contributed by atoms with E-state index in [0.717, 1.165) is 0 Å². The molecule has 4 nitrogen and oxygen atoms in total. The highest BCUT2D eigenvalue weighted by atomic mass is 15.2. The van der Waals surface area contributed by atoms with Crippen molar-refractivity contribution in [3.63, 3.8) is 0 Å². The molecule has 0 bridgehead atoms. The molecule has 4 aromatic heterocycles. The van der Waals surface area contributed by atoms with Crippen molar-refractivity contribution in [1.29, 1.82) is 0 Å². The Balaban J connectivity index is 1.36. The van der Waals surface area contributed by atoms with E-state index in [9.17, 15) is 0 Å². The molecule has 0 N–H and O–H groups in total. The standard InChI is InChI=1S/C38H27BN4/c1-20-14-22(3)24-18-34-40(32(24)16-20)30-12-5-8-26-37(30)42(34)28-10-7-11-29-36(28)39(26)27-9-6-13-31-38(27)43(29)35-19-25-23(4)15-21(2)17-33(25)41(31)35/h5-19H,1-4H3. The minimum absolute atomic E-state index is 0.169. The van der Waals surface area contributed by atoms with Crippen molar-refractivity contribution in [3.05, 3.63) is 113 Å². The number of fused-ring (bicyclic) bond motifs is 14. The van der Waals surface area contributed by atoms with Gasteiger partial charge in [-0.25, -0.2) is 0 Å². The van der Waals surface area contributed by atoms with Gasteiger partial charge in [0.1, 0.15) is 11.3 Å². The summed E-state index contributed by atoms with van der Waals surface area (Å²) in [6.07, 6.45) is 0. The Labute approximate surface area is 248 Å². The van der Waals surface area contributed by atoms with Crippen LogP contribution in [0, 0.1) is 27.7 Å². The molecule has 0 amide bonds. The van der Waals surface area contributed by atoms with Crippen LogP contribution in [0.3, 0.4) is 0 Å². The summed E-state index contributed by atoms with van der Waals surface area (Å²) < 4.78 is 10.1. The average Bonchev–Trinajstić information content (AvgIpc) is 3.72. The third-order valence-electron chi connectivity index (χ3n) is 10.4. The van der Waals surface area contributed by atoms with Gasteiger partial charge in [0.25, 0.3) is 6.71 Å². The molecule has 11 rings (SSSR count). The normalized spacial score (nSPS) is 13.5. The van der Waals surface area contributed by atoms with E-state index in [2.05, 4.69) is 137 Å². The molecular weight excluding hydrogens is 523 g/mol. The second kappa shape index (κ2) is 7.07. The number of benzene rings is 5. The molecule has 5 aromatic carbocycles. The van der Waals surface area contributed by atoms with Crippen molar-refractivity contribution in [2.24, 2.45) is 0 Å². The first-order chi connectivity index (χ1) is 21.0. The number of imidazole rings is 2. The minimum Gasteiger partial charge on any atom is -0.295 e. The molecule has 0 saturated heterocycles. The summed E-state index contributed by atoms with van der Waals surface area (Å²) in [6, 6.07) is 34.9. The molecule has 0 atom stereocenters. The van der Waals surface area contributed by atoms with Gasteiger partial charge in [-0.05, 0) is 115 Å². The zero-order chi connectivity index (χ0) is 28.5. The fraction of sp³-hybridized carbons (Fsp3) is 0.105. The first kappa shape index (κ1) is 22.4. The number of rotatable bonds is 0. The lowest BCUT2D eigenvalue weighted by Crippen LogP contribution is -2.59. The maximum absolute atomic E-state index is 2.54. The van der Waals surface area contributed by atoms with Crippen molar-refractivity contribution in [2.45, 2.75) is 27.7 Å². The van der Waals surface area contributed by atoms with Gasteiger partial charge in [-0.2, -0.15) is 0 Å². The fourth-order valence-corrected chi connectivity index (χ4v) is 8.96. The highest BCUT2D eigenvalue weighted by Crippen LogP contribution is 2.38. The zero-order valence-electron chi connectivity index (χ0n) is 24.5. The molecule has 202 valence electrons. The molecule has 0 unspecified atom stereocenters. The summed E-state index contributed by atoms with van der Waals surface area (Å²) in [6.45, 7) is 9.06. The molecule has 2 aliphatic heterocycles. The summed E-state index contributed by atoms with van der Waals surface area (Å²) in [5, 5.41) is 2.65. The van der Waals surface area contributed by atoms with Gasteiger partial charge in [-0.3, -0.25) is 17.9 Å². The van der Waals surface area contributed by atoms with E-state index in [1.165, 1.54) is 105 Å². The molecule has 9 aromatic rings. The van der Waals surface area contributed by atoms with Crippen LogP contribution in [0.25, 0.3) is 66.5 Å². The van der Waals surface area contributed by atoms with Crippen LogP contribution in [0.4, 0.5) is 0 Å². The van der Waals surface area contributed by atoms with E-state index in [1.54, 1.807) is 0 Å². The Morgan fingerprint density at radius 3 is 1.44 bits per heavy atom. The second-order valence-electron chi connectivity index (χ2n) is 12.9. The van der Waals surface area contributed by atoms with E-state index >= 15 is 0 Å². The minimum atomic E-state index is 0.169. The predicted octanol–water partition coefficient (Wildman–Crippen LogP) is 6.76. The number of nitrogens with zero attached hydrogens (tertiary/aromatic N) is 4. The summed E-state index contributed by atoms with van der Waals surface area (Å²) in [5.74, 6) is 0. The Morgan fingerprint density at radius 1 is 0.488 bits per heavy atom. The third-order valence-corrected chi connectivity index (χ3v) is 10.4. The van der Waals surface area contributed by atoms with Crippen LogP contribution in [0.2, 0.25) is 0 Å². The van der Waals surface area contributed by atoms with E-state index in [0.29, 0.717) is 0 Å². The van der Waals surface area contributed by atoms with Crippen LogP contribution < -0.4 is 16.4 Å². The monoisotopic (exact) mass is 550 g/mol. The van der Waals surface area contributed by atoms with Gasteiger partial charge < -0.3 is 0 Å². The van der Waals surface area contributed by atoms with Crippen molar-refractivity contribution >= 4 is 78.3 Å². The van der Waals surface area contributed by atoms with Gasteiger partial charge in [0.05, 0.1) is 33.1 Å². The number of aryl methyl sites for hydroxylation is 4. The summed E-state index contributed by atoms with van der Waals surface area (Å²) >= 11 is 0. The van der Waals surface area contributed by atoms with Crippen LogP contribution in [0.15, 0.2) is 91.0 Å². The first-order valence-corrected chi connectivity index (χ1v) is 15.2. The number of hydrogen-bond acceptors (Lipinski definition) is 0. The maximum Gasteiger partial charge on any atom is 0.252 e. The first-order valence-electron chi connectivity index (χ1n) is 15.2. The molecule has 0 saturated carbocycles. The van der Waals surface area contributed by atoms with E-state index in [4.69, 9.17) is 0 Å². The topological polar surface area (TPSA) is 18.7 Å². The Morgan fingerprint density at radius 2 is 0.953 bits per heavy atom. The molecule has 0 aliphatic carbocycles. The maximum atomic E-state index is 2.54. The fourth-order valence-electron chi connectivity index (χ4n) is 8.96. The lowest BCUT2D eigenvalue weighted by atomic mass is 9.34. The van der Waals surface area contributed by atoms with Gasteiger partial charge in [0, 0.05) is 22.1 Å². The summed E-state index contributed by atoms with van der Waals surface area (Å²) in [4.78, 5) is 0. The number of hydrogen-bond donors (Lipinski definition) is 0. The largest absolute Gasteiger partial charge is 0.295 e. The molecule has 2 aliphatic rings. The van der Waals surface area contributed by atoms with E-state index in [1.807, 2.05) is 0 Å². The van der Waals surface area contributed by atoms with Crippen LogP contribution in [0.1, 0.15) is 22.3 Å². The van der Waals surface area contributed by atoms with E-state index < -0.39 is 0 Å². The van der Waals surface area contributed by atoms with Crippen LogP contribution in [0.5, 0.6) is 0 Å². The molecule has 6 heterocycles. The quantitative estimate of drug-likeness (QED) is 0.186. The molecule has 43 heavy (non-hydrogen) atoms. The molecular formula is C38H27BN4. The number of para-hydroxylation sites is 2. The SMILES string of the molecule is Cc1cc(C)c2cc3n4c5c(cccc5n3c2c1)B1c2c-4cccc2-n2c3c1cccc3n1c3cc(C)cc(C)c3cc21. The highest BCUT2D eigenvalue weighted by Gasteiger charge is 2.41. The zero-order valence-corrected chi connectivity index (χ0v) is 24.5. The van der Waals surface area contributed by atoms with E-state index in [-0.39, 0.29) is 6.71 Å². The Kier molecular flexibility index (Phi) is 3.69. The molecule has 0 spiro atoms. The van der Waals surface area contributed by atoms with Gasteiger partial charge in [0.15, 0.2) is 0 Å². The summed E-state index contributed by atoms with van der Waals surface area (Å²) in [5.41, 5.74) is 22.3. The van der Waals surface area contributed by atoms with Gasteiger partial charge in [-0.15, -0.1) is 0 Å². The Hall–Kier alpha value is -5.16. The smallest absolute Gasteiger partial charge is 0.252 e. The van der Waals surface area contributed by atoms with Crippen molar-refractivity contribution < 1.29 is 0 Å². The average molecular weight is 550 g/mol. The van der Waals surface area contributed by atoms with Crippen molar-refractivity contribution in [1.82, 2.24) is 17.9 Å². The second-order valence-corrected chi connectivity index (χ2v) is 12.9. The summed E-state index contributed by atoms with van der Waals surface area (Å²) in [7, 11) is 0. The van der Waals surface area contributed by atoms with Gasteiger partial charge >= 0.3 is 0 Å².